The van der Waals surface area contributed by atoms with Gasteiger partial charge in [0.1, 0.15) is 5.75 Å². The lowest BCUT2D eigenvalue weighted by molar-refractivity contribution is -0.385. The number of hydrogen-bond donors (Lipinski definition) is 1. The molecule has 0 radical (unpaired) electrons. The van der Waals surface area contributed by atoms with E-state index in [1.807, 2.05) is 54.8 Å². The summed E-state index contributed by atoms with van der Waals surface area (Å²) in [6, 6.07) is 20.8. The summed E-state index contributed by atoms with van der Waals surface area (Å²) in [4.78, 5) is 28.5. The first-order valence-electron chi connectivity index (χ1n) is 12.0. The minimum Gasteiger partial charge on any atom is -0.482 e. The van der Waals surface area contributed by atoms with Crippen molar-refractivity contribution in [3.8, 4) is 17.0 Å². The summed E-state index contributed by atoms with van der Waals surface area (Å²) in [5.74, 6) is 0.397. The van der Waals surface area contributed by atoms with Crippen LogP contribution in [-0.2, 0) is 11.2 Å². The van der Waals surface area contributed by atoms with Crippen molar-refractivity contribution in [2.45, 2.75) is 20.3 Å². The molecule has 0 saturated carbocycles. The van der Waals surface area contributed by atoms with Crippen molar-refractivity contribution in [2.24, 2.45) is 10.1 Å². The maximum absolute atomic E-state index is 11.9. The van der Waals surface area contributed by atoms with Crippen LogP contribution in [0.3, 0.4) is 0 Å². The molecule has 3 aromatic carbocycles. The average molecular weight is 528 g/mol. The molecule has 0 saturated heterocycles. The zero-order chi connectivity index (χ0) is 26.6. The predicted molar refractivity (Wildman–Crippen MR) is 148 cm³/mol. The molecule has 10 heteroatoms. The van der Waals surface area contributed by atoms with E-state index in [1.54, 1.807) is 23.7 Å². The molecule has 2 heterocycles. The van der Waals surface area contributed by atoms with Crippen molar-refractivity contribution < 1.29 is 14.5 Å². The molecular weight excluding hydrogens is 502 g/mol. The van der Waals surface area contributed by atoms with Gasteiger partial charge in [-0.05, 0) is 44.0 Å². The average Bonchev–Trinajstić information content (AvgIpc) is 3.31. The van der Waals surface area contributed by atoms with E-state index in [0.29, 0.717) is 39.6 Å². The number of carbonyl (C=O) groups excluding carboxylic acids is 1. The maximum atomic E-state index is 11.9. The molecule has 1 N–H and O–H groups in total. The predicted octanol–water partition coefficient (Wildman–Crippen LogP) is 5.18. The number of fused-ring (bicyclic) bond motifs is 1. The van der Waals surface area contributed by atoms with Crippen molar-refractivity contribution in [3.63, 3.8) is 0 Å². The fourth-order valence-corrected chi connectivity index (χ4v) is 4.97. The SMILES string of the molecule is CC(=Nn1c(-c2ccc3c(c2)NC(=O)CO3)csc1=NCCc1ccccc1)c1ccc(C)c([N+](=O)[O-])c1. The molecular formula is C28H25N5O4S. The van der Waals surface area contributed by atoms with E-state index in [-0.39, 0.29) is 23.1 Å². The molecule has 0 bridgehead atoms. The van der Waals surface area contributed by atoms with Crippen molar-refractivity contribution in [1.29, 1.82) is 0 Å². The van der Waals surface area contributed by atoms with Crippen molar-refractivity contribution in [2.75, 3.05) is 18.5 Å². The quantitative estimate of drug-likeness (QED) is 0.203. The van der Waals surface area contributed by atoms with Gasteiger partial charge in [-0.3, -0.25) is 19.9 Å². The Hall–Kier alpha value is -4.57. The summed E-state index contributed by atoms with van der Waals surface area (Å²) in [6.45, 7) is 4.09. The first-order chi connectivity index (χ1) is 18.4. The van der Waals surface area contributed by atoms with Crippen molar-refractivity contribution in [3.05, 3.63) is 104 Å². The molecule has 192 valence electrons. The third kappa shape index (κ3) is 5.40. The minimum absolute atomic E-state index is 0.0125. The number of thiazole rings is 1. The minimum atomic E-state index is -0.386. The van der Waals surface area contributed by atoms with Gasteiger partial charge in [0.2, 0.25) is 4.80 Å². The molecule has 9 nitrogen and oxygen atoms in total. The number of carbonyl (C=O) groups is 1. The van der Waals surface area contributed by atoms with Crippen LogP contribution in [0, 0.1) is 17.0 Å². The first-order valence-corrected chi connectivity index (χ1v) is 12.9. The molecule has 0 aliphatic carbocycles. The number of anilines is 1. The molecule has 1 amide bonds. The van der Waals surface area contributed by atoms with Crippen LogP contribution in [0.25, 0.3) is 11.3 Å². The molecule has 38 heavy (non-hydrogen) atoms. The zero-order valence-corrected chi connectivity index (χ0v) is 21.7. The van der Waals surface area contributed by atoms with E-state index in [0.717, 1.165) is 17.7 Å². The molecule has 0 fully saturated rings. The van der Waals surface area contributed by atoms with Crippen LogP contribution in [0.4, 0.5) is 11.4 Å². The highest BCUT2D eigenvalue weighted by atomic mass is 32.1. The molecule has 1 aliphatic rings. The van der Waals surface area contributed by atoms with Crippen LogP contribution in [0.2, 0.25) is 0 Å². The summed E-state index contributed by atoms with van der Waals surface area (Å²) in [6.07, 6.45) is 0.781. The Labute approximate surface area is 222 Å². The van der Waals surface area contributed by atoms with Crippen molar-refractivity contribution in [1.82, 2.24) is 4.68 Å². The third-order valence-electron chi connectivity index (χ3n) is 6.16. The summed E-state index contributed by atoms with van der Waals surface area (Å²) in [5.41, 5.74) is 5.26. The number of rotatable bonds is 7. The summed E-state index contributed by atoms with van der Waals surface area (Å²) >= 11 is 1.45. The van der Waals surface area contributed by atoms with E-state index >= 15 is 0 Å². The van der Waals surface area contributed by atoms with Gasteiger partial charge in [-0.25, -0.2) is 4.68 Å². The second-order valence-electron chi connectivity index (χ2n) is 8.82. The van der Waals surface area contributed by atoms with Gasteiger partial charge in [0.05, 0.1) is 22.0 Å². The lowest BCUT2D eigenvalue weighted by Gasteiger charge is -2.18. The van der Waals surface area contributed by atoms with Gasteiger partial charge in [0.15, 0.2) is 6.61 Å². The number of ether oxygens (including phenoxy) is 1. The van der Waals surface area contributed by atoms with Gasteiger partial charge in [0, 0.05) is 34.7 Å². The standard InChI is InChI=1S/C28H25N5O4S/c1-18-8-9-21(15-24(18)33(35)36)19(2)31-32-25(22-10-11-26-23(14-22)30-27(34)16-37-26)17-38-28(32)29-13-12-20-6-4-3-5-7-20/h3-11,14-15,17H,12-13,16H2,1-2H3,(H,30,34). The zero-order valence-electron chi connectivity index (χ0n) is 20.9. The van der Waals surface area contributed by atoms with Gasteiger partial charge in [-0.15, -0.1) is 11.3 Å². The lowest BCUT2D eigenvalue weighted by Crippen LogP contribution is -2.25. The van der Waals surface area contributed by atoms with Crippen molar-refractivity contribution >= 4 is 34.3 Å². The fraction of sp³-hybridized carbons (Fsp3) is 0.179. The first kappa shape index (κ1) is 25.1. The molecule has 1 aromatic heterocycles. The number of nitro groups is 1. The highest BCUT2D eigenvalue weighted by molar-refractivity contribution is 7.07. The Morgan fingerprint density at radius 2 is 1.97 bits per heavy atom. The normalized spacial score (nSPS) is 13.6. The van der Waals surface area contributed by atoms with E-state index in [9.17, 15) is 14.9 Å². The number of hydrogen-bond acceptors (Lipinski definition) is 7. The van der Waals surface area contributed by atoms with E-state index in [2.05, 4.69) is 17.4 Å². The molecule has 0 spiro atoms. The van der Waals surface area contributed by atoms with E-state index < -0.39 is 0 Å². The Morgan fingerprint density at radius 3 is 2.76 bits per heavy atom. The molecule has 5 rings (SSSR count). The number of nitro benzene ring substituents is 1. The number of benzene rings is 3. The van der Waals surface area contributed by atoms with Crippen LogP contribution in [-0.4, -0.2) is 34.4 Å². The molecule has 4 aromatic rings. The maximum Gasteiger partial charge on any atom is 0.272 e. The topological polar surface area (TPSA) is 111 Å². The summed E-state index contributed by atoms with van der Waals surface area (Å²) in [5, 5.41) is 21.2. The number of nitrogens with one attached hydrogen (secondary N) is 1. The Morgan fingerprint density at radius 1 is 1.16 bits per heavy atom. The summed E-state index contributed by atoms with van der Waals surface area (Å²) < 4.78 is 7.26. The van der Waals surface area contributed by atoms with Gasteiger partial charge >= 0.3 is 0 Å². The number of nitrogens with zero attached hydrogens (tertiary/aromatic N) is 4. The second-order valence-corrected chi connectivity index (χ2v) is 9.66. The van der Waals surface area contributed by atoms with Crippen LogP contribution >= 0.6 is 11.3 Å². The van der Waals surface area contributed by atoms with Crippen LogP contribution in [0.15, 0.2) is 82.2 Å². The number of amides is 1. The number of aromatic nitrogens is 1. The van der Waals surface area contributed by atoms with Gasteiger partial charge in [-0.1, -0.05) is 42.5 Å². The number of aryl methyl sites for hydroxylation is 1. The van der Waals surface area contributed by atoms with E-state index in [1.165, 1.54) is 16.9 Å². The molecule has 1 aliphatic heterocycles. The molecule has 0 atom stereocenters. The second kappa shape index (κ2) is 10.8. The Balaban J connectivity index is 1.57. The highest BCUT2D eigenvalue weighted by Gasteiger charge is 2.18. The fourth-order valence-electron chi connectivity index (χ4n) is 4.11. The third-order valence-corrected chi connectivity index (χ3v) is 7.01. The van der Waals surface area contributed by atoms with Crippen LogP contribution in [0.1, 0.15) is 23.6 Å². The summed E-state index contributed by atoms with van der Waals surface area (Å²) in [7, 11) is 0. The molecule has 0 unspecified atom stereocenters. The Bertz CT molecular complexity index is 1620. The monoisotopic (exact) mass is 527 g/mol. The van der Waals surface area contributed by atoms with Crippen LogP contribution in [0.5, 0.6) is 5.75 Å². The van der Waals surface area contributed by atoms with Gasteiger partial charge in [0.25, 0.3) is 11.6 Å². The Kier molecular flexibility index (Phi) is 7.14. The van der Waals surface area contributed by atoms with Gasteiger partial charge < -0.3 is 10.1 Å². The lowest BCUT2D eigenvalue weighted by atomic mass is 10.1. The smallest absolute Gasteiger partial charge is 0.272 e. The van der Waals surface area contributed by atoms with E-state index in [4.69, 9.17) is 14.8 Å². The van der Waals surface area contributed by atoms with Crippen LogP contribution < -0.4 is 14.9 Å². The largest absolute Gasteiger partial charge is 0.482 e. The highest BCUT2D eigenvalue weighted by Crippen LogP contribution is 2.33. The van der Waals surface area contributed by atoms with Gasteiger partial charge in [-0.2, -0.15) is 5.10 Å².